The molecule has 14 N–H and O–H groups in total. The zero-order valence-electron chi connectivity index (χ0n) is 52.5. The first-order valence-electron chi connectivity index (χ1n) is 31.0. The lowest BCUT2D eigenvalue weighted by atomic mass is 9.81. The molecule has 4 aromatic rings. The van der Waals surface area contributed by atoms with Gasteiger partial charge in [0.15, 0.2) is 5.60 Å². The van der Waals surface area contributed by atoms with Crippen molar-refractivity contribution in [1.82, 2.24) is 62.3 Å². The molecule has 6 heterocycles. The third-order valence-electron chi connectivity index (χ3n) is 17.1. The van der Waals surface area contributed by atoms with Crippen LogP contribution in [0, 0.1) is 12.7 Å². The molecule has 0 bridgehead atoms. The van der Waals surface area contributed by atoms with E-state index >= 15 is 4.39 Å². The van der Waals surface area contributed by atoms with Gasteiger partial charge in [-0.1, -0.05) is 37.3 Å². The molecule has 2 aromatic heterocycles. The Morgan fingerprint density at radius 2 is 1.44 bits per heavy atom. The summed E-state index contributed by atoms with van der Waals surface area (Å²) in [6, 6.07) is 7.76. The number of halogens is 1. The molecule has 1 aliphatic carbocycles. The first kappa shape index (κ1) is 70.9. The van der Waals surface area contributed by atoms with Crippen molar-refractivity contribution in [2.24, 2.45) is 5.73 Å². The summed E-state index contributed by atoms with van der Waals surface area (Å²) in [6.45, 7) is -1.58. The van der Waals surface area contributed by atoms with Gasteiger partial charge < -0.3 is 87.7 Å². The van der Waals surface area contributed by atoms with Gasteiger partial charge in [-0.25, -0.2) is 14.2 Å². The van der Waals surface area contributed by atoms with Gasteiger partial charge in [0.2, 0.25) is 59.1 Å². The first-order valence-corrected chi connectivity index (χ1v) is 31.0. The summed E-state index contributed by atoms with van der Waals surface area (Å²) in [5.41, 5.74) is 6.54. The van der Waals surface area contributed by atoms with Crippen LogP contribution in [0.1, 0.15) is 90.4 Å². The van der Waals surface area contributed by atoms with Gasteiger partial charge in [-0.15, -0.1) is 0 Å². The van der Waals surface area contributed by atoms with Crippen molar-refractivity contribution in [2.45, 2.75) is 127 Å². The van der Waals surface area contributed by atoms with E-state index in [1.807, 2.05) is 0 Å². The molecule has 33 nitrogen and oxygen atoms in total. The molecular formula is C63H72FN13O20. The van der Waals surface area contributed by atoms with Crippen LogP contribution in [-0.4, -0.2) is 196 Å². The van der Waals surface area contributed by atoms with Gasteiger partial charge >= 0.3 is 5.97 Å². The Morgan fingerprint density at radius 1 is 0.773 bits per heavy atom. The molecule has 97 heavy (non-hydrogen) atoms. The largest absolute Gasteiger partial charge is 0.458 e. The van der Waals surface area contributed by atoms with Crippen LogP contribution in [0.4, 0.5) is 4.39 Å². The summed E-state index contributed by atoms with van der Waals surface area (Å²) in [5.74, 6) is -10.9. The number of aromatic nitrogens is 2. The maximum Gasteiger partial charge on any atom is 0.343 e. The minimum Gasteiger partial charge on any atom is -0.458 e. The molecule has 9 rings (SSSR count). The molecule has 0 spiro atoms. The lowest BCUT2D eigenvalue weighted by Crippen LogP contribution is -2.53. The minimum atomic E-state index is -2.09. The third kappa shape index (κ3) is 16.6. The van der Waals surface area contributed by atoms with E-state index in [9.17, 15) is 82.4 Å². The fourth-order valence-corrected chi connectivity index (χ4v) is 12.0. The van der Waals surface area contributed by atoms with E-state index in [-0.39, 0.29) is 55.7 Å². The Kier molecular flexibility index (Phi) is 22.6. The summed E-state index contributed by atoms with van der Waals surface area (Å²) in [5, 5.41) is 54.8. The number of nitrogens with zero attached hydrogens (tertiary/aromatic N) is 3. The number of rotatable bonds is 30. The van der Waals surface area contributed by atoms with Gasteiger partial charge in [-0.2, -0.15) is 0 Å². The number of imide groups is 1. The first-order chi connectivity index (χ1) is 46.2. The highest BCUT2D eigenvalue weighted by Gasteiger charge is 2.47. The van der Waals surface area contributed by atoms with Crippen molar-refractivity contribution >= 4 is 87.8 Å². The van der Waals surface area contributed by atoms with Gasteiger partial charge in [0.1, 0.15) is 62.7 Å². The summed E-state index contributed by atoms with van der Waals surface area (Å²) >= 11 is 0. The number of esters is 1. The fraction of sp³-hybridized carbons (Fsp3) is 0.444. The van der Waals surface area contributed by atoms with Gasteiger partial charge in [-0.3, -0.25) is 67.2 Å². The molecule has 1 fully saturated rings. The van der Waals surface area contributed by atoms with Gasteiger partial charge in [0, 0.05) is 67.1 Å². The van der Waals surface area contributed by atoms with Crippen LogP contribution in [0.25, 0.3) is 22.3 Å². The van der Waals surface area contributed by atoms with E-state index in [4.69, 9.17) is 24.9 Å². The lowest BCUT2D eigenvalue weighted by Gasteiger charge is -2.31. The number of fused-ring (bicyclic) bond motifs is 5. The second-order valence-corrected chi connectivity index (χ2v) is 23.6. The minimum absolute atomic E-state index is 0.0114. The Balaban J connectivity index is 0.742. The molecule has 4 aliphatic heterocycles. The van der Waals surface area contributed by atoms with Crippen molar-refractivity contribution < 1.29 is 96.2 Å². The number of primary amides is 1. The van der Waals surface area contributed by atoms with Crippen LogP contribution in [0.2, 0.25) is 0 Å². The summed E-state index contributed by atoms with van der Waals surface area (Å²) < 4.78 is 33.1. The van der Waals surface area contributed by atoms with E-state index in [2.05, 4.69) is 47.9 Å². The Hall–Kier alpha value is -10.4. The number of nitrogens with two attached hydrogens (primary N) is 1. The number of benzene rings is 2. The van der Waals surface area contributed by atoms with Crippen LogP contribution in [0.15, 0.2) is 59.4 Å². The Bertz CT molecular complexity index is 3940. The molecule has 0 radical (unpaired) electrons. The number of aliphatic hydroxyl groups excluding tert-OH is 2. The van der Waals surface area contributed by atoms with Crippen molar-refractivity contribution in [3.05, 3.63) is 110 Å². The number of carbonyl (C=O) groups is 13. The van der Waals surface area contributed by atoms with E-state index in [1.165, 1.54) is 16.7 Å². The van der Waals surface area contributed by atoms with E-state index in [1.54, 1.807) is 44.2 Å². The standard InChI is InChI=1S/C63H72FN13O20/c1-3-63(94)35-18-41-56-33(25-76(41)61(92)34(35)27-96-62(63)93)55-37(10-9-32-30(2)36(64)19-39(75-56)54(32)55)72-51(85)28-95-29-71-48(82)23-70-60(91)40(17-31-7-5-4-6-8-31)74-49(83)24-68-47(81)22-69-59(90)38(73-46(80)15-16-66-50(84)26-77-52(86)13-14-53(77)87)11-12-45(79)67-21-43-58(89)57(88)42(97-43)20-44(65)78/h4-8,13-14,18-19,37-38,40,42-43,57-58,88-89,94H,3,9-12,15-17,20-29H2,1-2H3,(H2,65,78)(H,66,84)(H,67,79)(H,68,81)(H,69,90)(H,70,91)(H,71,82)(H,72,85)(H,73,80)(H,74,83)/t37-,38-,40-,42-,43+,57-,58+,63-/m0/s1. The molecule has 0 saturated carbocycles. The van der Waals surface area contributed by atoms with Crippen LogP contribution < -0.4 is 59.1 Å². The number of pyridine rings is 2. The zero-order chi connectivity index (χ0) is 70.0. The average Bonchev–Trinajstić information content (AvgIpc) is 1.63. The quantitative estimate of drug-likeness (QED) is 0.00886. The highest BCUT2D eigenvalue weighted by atomic mass is 19.1. The molecule has 34 heteroatoms. The number of aliphatic hydroxyl groups is 3. The number of aryl methyl sites for hydroxylation is 1. The fourth-order valence-electron chi connectivity index (χ4n) is 12.0. The molecule has 2 aromatic carbocycles. The van der Waals surface area contributed by atoms with Crippen LogP contribution >= 0.6 is 0 Å². The Morgan fingerprint density at radius 3 is 2.14 bits per heavy atom. The van der Waals surface area contributed by atoms with E-state index in [0.29, 0.717) is 62.3 Å². The normalized spacial score (nSPS) is 20.1. The molecular weight excluding hydrogens is 1280 g/mol. The maximum absolute atomic E-state index is 15.5. The average molecular weight is 1350 g/mol. The van der Waals surface area contributed by atoms with Crippen molar-refractivity contribution in [3.63, 3.8) is 0 Å². The second-order valence-electron chi connectivity index (χ2n) is 23.6. The smallest absolute Gasteiger partial charge is 0.343 e. The monoisotopic (exact) mass is 1350 g/mol. The van der Waals surface area contributed by atoms with Gasteiger partial charge in [0.25, 0.3) is 17.4 Å². The number of ether oxygens (including phenoxy) is 3. The maximum atomic E-state index is 15.5. The molecule has 1 saturated heterocycles. The molecule has 8 atom stereocenters. The summed E-state index contributed by atoms with van der Waals surface area (Å²) in [4.78, 5) is 186. The molecule has 12 amide bonds. The highest BCUT2D eigenvalue weighted by molar-refractivity contribution is 6.14. The predicted octanol–water partition coefficient (Wildman–Crippen LogP) is -5.03. The number of hydrogen-bond acceptors (Lipinski definition) is 21. The van der Waals surface area contributed by atoms with Gasteiger partial charge in [-0.05, 0) is 60.9 Å². The second kappa shape index (κ2) is 31.0. The summed E-state index contributed by atoms with van der Waals surface area (Å²) in [6.07, 6.45) is -4.47. The molecule has 5 aliphatic rings. The van der Waals surface area contributed by atoms with Crippen LogP contribution in [-0.2, 0) is 108 Å². The highest BCUT2D eigenvalue weighted by Crippen LogP contribution is 2.46. The molecule has 0 unspecified atom stereocenters. The van der Waals surface area contributed by atoms with E-state index < -0.39 is 202 Å². The van der Waals surface area contributed by atoms with E-state index in [0.717, 1.165) is 12.2 Å². The summed E-state index contributed by atoms with van der Waals surface area (Å²) in [7, 11) is 0. The lowest BCUT2D eigenvalue weighted by molar-refractivity contribution is -0.172. The van der Waals surface area contributed by atoms with Gasteiger partial charge in [0.05, 0.1) is 67.2 Å². The van der Waals surface area contributed by atoms with Crippen LogP contribution in [0.3, 0.4) is 0 Å². The van der Waals surface area contributed by atoms with Crippen molar-refractivity contribution in [1.29, 1.82) is 0 Å². The van der Waals surface area contributed by atoms with Crippen molar-refractivity contribution in [3.8, 4) is 11.4 Å². The van der Waals surface area contributed by atoms with Crippen LogP contribution in [0.5, 0.6) is 0 Å². The SMILES string of the molecule is CC[C@@]1(O)C(=O)OCc2c1cc1n(c2=O)Cc2c-1nc1cc(F)c(C)c3c1c2[C@@H](NC(=O)COCNC(=O)CNC(=O)[C@H](Cc1ccccc1)NC(=O)CNC(=O)CNC(=O)[C@H](CCC(=O)NC[C@H]1O[C@@H](CC(N)=O)[C@H](O)[C@@H]1O)NC(=O)CCNC(=O)CN1C(=O)C=CC1=O)CC3. The number of hydrogen-bond donors (Lipinski definition) is 13. The third-order valence-corrected chi connectivity index (χ3v) is 17.1. The number of nitrogens with one attached hydrogen (secondary N) is 9. The topological polar surface area (TPSA) is 483 Å². The number of cyclic esters (lactones) is 1. The zero-order valence-corrected chi connectivity index (χ0v) is 52.5. The number of carbonyl (C=O) groups excluding carboxylic acids is 13. The predicted molar refractivity (Wildman–Crippen MR) is 331 cm³/mol. The number of amides is 12. The Labute approximate surface area is 550 Å². The molecule has 516 valence electrons. The van der Waals surface area contributed by atoms with Crippen molar-refractivity contribution in [2.75, 3.05) is 52.6 Å².